The normalized spacial score (nSPS) is 14.9. The van der Waals surface area contributed by atoms with Crippen LogP contribution in [-0.2, 0) is 21.3 Å². The largest absolute Gasteiger partial charge is 0.378 e. The van der Waals surface area contributed by atoms with Crippen molar-refractivity contribution < 1.29 is 13.2 Å². The minimum Gasteiger partial charge on any atom is -0.378 e. The van der Waals surface area contributed by atoms with E-state index in [0.29, 0.717) is 19.0 Å². The number of benzene rings is 1. The Labute approximate surface area is 163 Å². The fraction of sp³-hybridized carbons (Fsp3) is 0.278. The van der Waals surface area contributed by atoms with E-state index in [9.17, 15) is 8.42 Å². The molecule has 146 valence electrons. The minimum atomic E-state index is -3.68. The number of hydrogen-bond acceptors (Lipinski definition) is 7. The summed E-state index contributed by atoms with van der Waals surface area (Å²) in [6.45, 7) is 2.83. The molecule has 9 nitrogen and oxygen atoms in total. The van der Waals surface area contributed by atoms with E-state index in [0.717, 1.165) is 24.6 Å². The van der Waals surface area contributed by atoms with E-state index in [1.54, 1.807) is 53.6 Å². The van der Waals surface area contributed by atoms with Crippen LogP contribution < -0.4 is 9.62 Å². The van der Waals surface area contributed by atoms with Crippen molar-refractivity contribution in [2.75, 3.05) is 31.2 Å². The summed E-state index contributed by atoms with van der Waals surface area (Å²) < 4.78 is 34.7. The molecular formula is C18H20N6O3S. The van der Waals surface area contributed by atoms with Gasteiger partial charge in [-0.1, -0.05) is 0 Å². The average molecular weight is 400 g/mol. The van der Waals surface area contributed by atoms with E-state index in [1.165, 1.54) is 0 Å². The Kier molecular flexibility index (Phi) is 5.33. The van der Waals surface area contributed by atoms with Crippen molar-refractivity contribution in [3.05, 3.63) is 60.8 Å². The summed E-state index contributed by atoms with van der Waals surface area (Å²) in [5, 5.41) is 4.12. The van der Waals surface area contributed by atoms with Gasteiger partial charge in [0, 0.05) is 31.7 Å². The quantitative estimate of drug-likeness (QED) is 0.658. The van der Waals surface area contributed by atoms with Crippen LogP contribution in [0.15, 0.2) is 59.9 Å². The van der Waals surface area contributed by atoms with Gasteiger partial charge in [0.25, 0.3) is 0 Å². The van der Waals surface area contributed by atoms with Crippen LogP contribution in [0.4, 0.5) is 5.82 Å². The van der Waals surface area contributed by atoms with Crippen LogP contribution in [0.25, 0.3) is 5.69 Å². The third-order valence-corrected chi connectivity index (χ3v) is 5.78. The predicted octanol–water partition coefficient (Wildman–Crippen LogP) is 0.977. The van der Waals surface area contributed by atoms with Crippen molar-refractivity contribution in [3.63, 3.8) is 0 Å². The first kappa shape index (κ1) is 18.5. The molecule has 0 saturated carbocycles. The maximum Gasteiger partial charge on any atom is 0.240 e. The highest BCUT2D eigenvalue weighted by Gasteiger charge is 2.16. The maximum absolute atomic E-state index is 12.6. The Morgan fingerprint density at radius 2 is 1.86 bits per heavy atom. The standard InChI is InChI=1S/C18H20N6O3S/c25-28(26,16-4-2-15(3-5-16)24-9-1-7-20-24)21-14-17-19-8-6-18(22-17)23-10-12-27-13-11-23/h1-9,21H,10-14H2. The van der Waals surface area contributed by atoms with E-state index in [1.807, 2.05) is 6.07 Å². The summed E-state index contributed by atoms with van der Waals surface area (Å²) >= 11 is 0. The van der Waals surface area contributed by atoms with E-state index >= 15 is 0 Å². The fourth-order valence-corrected chi connectivity index (χ4v) is 3.86. The first-order valence-corrected chi connectivity index (χ1v) is 10.3. The molecule has 0 spiro atoms. The lowest BCUT2D eigenvalue weighted by Crippen LogP contribution is -2.37. The number of nitrogens with one attached hydrogen (secondary N) is 1. The van der Waals surface area contributed by atoms with Gasteiger partial charge in [-0.15, -0.1) is 0 Å². The van der Waals surface area contributed by atoms with Gasteiger partial charge in [-0.05, 0) is 36.4 Å². The van der Waals surface area contributed by atoms with Crippen LogP contribution in [0.5, 0.6) is 0 Å². The molecule has 1 N–H and O–H groups in total. The molecule has 1 aliphatic heterocycles. The van der Waals surface area contributed by atoms with Gasteiger partial charge in [0.1, 0.15) is 11.6 Å². The van der Waals surface area contributed by atoms with E-state index in [2.05, 4.69) is 24.7 Å². The third-order valence-electron chi connectivity index (χ3n) is 4.36. The van der Waals surface area contributed by atoms with E-state index < -0.39 is 10.0 Å². The predicted molar refractivity (Wildman–Crippen MR) is 103 cm³/mol. The van der Waals surface area contributed by atoms with Gasteiger partial charge in [-0.3, -0.25) is 0 Å². The molecule has 0 radical (unpaired) electrons. The molecule has 10 heteroatoms. The van der Waals surface area contributed by atoms with Crippen LogP contribution >= 0.6 is 0 Å². The molecule has 3 heterocycles. The lowest BCUT2D eigenvalue weighted by atomic mass is 10.3. The number of nitrogens with zero attached hydrogens (tertiary/aromatic N) is 5. The Hall–Kier alpha value is -2.82. The van der Waals surface area contributed by atoms with Gasteiger partial charge in [-0.2, -0.15) is 5.10 Å². The molecule has 28 heavy (non-hydrogen) atoms. The second-order valence-electron chi connectivity index (χ2n) is 6.20. The number of sulfonamides is 1. The number of rotatable bonds is 6. The molecule has 0 atom stereocenters. The van der Waals surface area contributed by atoms with Crippen molar-refractivity contribution >= 4 is 15.8 Å². The summed E-state index contributed by atoms with van der Waals surface area (Å²) in [6.07, 6.45) is 5.10. The topological polar surface area (TPSA) is 102 Å². The highest BCUT2D eigenvalue weighted by Crippen LogP contribution is 2.15. The van der Waals surface area contributed by atoms with Crippen molar-refractivity contribution in [1.29, 1.82) is 0 Å². The molecule has 1 aliphatic rings. The van der Waals surface area contributed by atoms with Crippen molar-refractivity contribution in [2.24, 2.45) is 0 Å². The van der Waals surface area contributed by atoms with Crippen molar-refractivity contribution in [2.45, 2.75) is 11.4 Å². The van der Waals surface area contributed by atoms with Gasteiger partial charge in [0.2, 0.25) is 10.0 Å². The molecule has 1 fully saturated rings. The molecule has 3 aromatic rings. The molecular weight excluding hydrogens is 380 g/mol. The first-order valence-electron chi connectivity index (χ1n) is 8.86. The monoisotopic (exact) mass is 400 g/mol. The average Bonchev–Trinajstić information content (AvgIpc) is 3.28. The molecule has 0 amide bonds. The second-order valence-corrected chi connectivity index (χ2v) is 7.97. The van der Waals surface area contributed by atoms with Gasteiger partial charge in [-0.25, -0.2) is 27.8 Å². The molecule has 4 rings (SSSR count). The van der Waals surface area contributed by atoms with Crippen molar-refractivity contribution in [3.8, 4) is 5.69 Å². The number of ether oxygens (including phenoxy) is 1. The Morgan fingerprint density at radius 3 is 2.57 bits per heavy atom. The van der Waals surface area contributed by atoms with Gasteiger partial charge in [0.15, 0.2) is 0 Å². The Morgan fingerprint density at radius 1 is 1.07 bits per heavy atom. The Bertz CT molecular complexity index is 1020. The van der Waals surface area contributed by atoms with Crippen LogP contribution in [0.3, 0.4) is 0 Å². The summed E-state index contributed by atoms with van der Waals surface area (Å²) in [5.74, 6) is 1.19. The molecule has 2 aromatic heterocycles. The molecule has 1 aromatic carbocycles. The lowest BCUT2D eigenvalue weighted by molar-refractivity contribution is 0.122. The van der Waals surface area contributed by atoms with Crippen LogP contribution in [0.1, 0.15) is 5.82 Å². The molecule has 1 saturated heterocycles. The molecule has 0 aliphatic carbocycles. The fourth-order valence-electron chi connectivity index (χ4n) is 2.88. The number of anilines is 1. The second kappa shape index (κ2) is 8.05. The summed E-state index contributed by atoms with van der Waals surface area (Å²) in [7, 11) is -3.68. The zero-order chi connectivity index (χ0) is 19.4. The SMILES string of the molecule is O=S(=O)(NCc1nccc(N2CCOCC2)n1)c1ccc(-n2cccn2)cc1. The third kappa shape index (κ3) is 4.19. The zero-order valence-corrected chi connectivity index (χ0v) is 15.9. The van der Waals surface area contributed by atoms with E-state index in [4.69, 9.17) is 4.74 Å². The van der Waals surface area contributed by atoms with Gasteiger partial charge in [0.05, 0.1) is 30.3 Å². The van der Waals surface area contributed by atoms with Crippen LogP contribution in [0, 0.1) is 0 Å². The summed E-state index contributed by atoms with van der Waals surface area (Å²) in [6, 6.07) is 10.1. The highest BCUT2D eigenvalue weighted by molar-refractivity contribution is 7.89. The van der Waals surface area contributed by atoms with Gasteiger partial charge < -0.3 is 9.64 Å². The Balaban J connectivity index is 1.43. The number of aromatic nitrogens is 4. The summed E-state index contributed by atoms with van der Waals surface area (Å²) in [5.41, 5.74) is 0.783. The number of morpholine rings is 1. The van der Waals surface area contributed by atoms with Crippen molar-refractivity contribution in [1.82, 2.24) is 24.5 Å². The molecule has 0 unspecified atom stereocenters. The lowest BCUT2D eigenvalue weighted by Gasteiger charge is -2.27. The van der Waals surface area contributed by atoms with E-state index in [-0.39, 0.29) is 11.4 Å². The summed E-state index contributed by atoms with van der Waals surface area (Å²) in [4.78, 5) is 10.9. The highest BCUT2D eigenvalue weighted by atomic mass is 32.2. The zero-order valence-electron chi connectivity index (χ0n) is 15.1. The molecule has 0 bridgehead atoms. The maximum atomic E-state index is 12.6. The van der Waals surface area contributed by atoms with Gasteiger partial charge >= 0.3 is 0 Å². The smallest absolute Gasteiger partial charge is 0.240 e. The number of hydrogen-bond donors (Lipinski definition) is 1. The first-order chi connectivity index (χ1) is 13.6. The minimum absolute atomic E-state index is 0.0153. The van der Waals surface area contributed by atoms with Crippen LogP contribution in [-0.4, -0.2) is 54.5 Å². The van der Waals surface area contributed by atoms with Crippen LogP contribution in [0.2, 0.25) is 0 Å².